The van der Waals surface area contributed by atoms with Crippen LogP contribution < -0.4 is 0 Å². The van der Waals surface area contributed by atoms with Gasteiger partial charge in [0.15, 0.2) is 11.5 Å². The van der Waals surface area contributed by atoms with Crippen LogP contribution in [0.25, 0.3) is 0 Å². The summed E-state index contributed by atoms with van der Waals surface area (Å²) in [6, 6.07) is 4.57. The summed E-state index contributed by atoms with van der Waals surface area (Å²) in [5.74, 6) is -1.03. The highest BCUT2D eigenvalue weighted by molar-refractivity contribution is 5.78. The molecule has 0 aliphatic heterocycles. The first-order valence-electron chi connectivity index (χ1n) is 11.9. The predicted octanol–water partition coefficient (Wildman–Crippen LogP) is 7.39. The molecule has 0 aliphatic carbocycles. The molecule has 1 atom stereocenters. The number of hydrogen-bond acceptors (Lipinski definition) is 4. The van der Waals surface area contributed by atoms with Crippen molar-refractivity contribution in [3.8, 4) is 11.5 Å². The molecule has 30 heavy (non-hydrogen) atoms. The first kappa shape index (κ1) is 26.1. The minimum absolute atomic E-state index is 0.175. The van der Waals surface area contributed by atoms with Gasteiger partial charge in [0.1, 0.15) is 0 Å². The summed E-state index contributed by atoms with van der Waals surface area (Å²) in [6.07, 6.45) is 20.1. The number of phenols is 2. The van der Waals surface area contributed by atoms with Crippen molar-refractivity contribution in [3.05, 3.63) is 35.9 Å². The van der Waals surface area contributed by atoms with Crippen LogP contribution in [0.2, 0.25) is 0 Å². The number of carbonyl (C=O) groups is 1. The lowest BCUT2D eigenvalue weighted by Gasteiger charge is -2.16. The minimum Gasteiger partial charge on any atom is -0.504 e. The Morgan fingerprint density at radius 2 is 1.47 bits per heavy atom. The molecule has 170 valence electrons. The van der Waals surface area contributed by atoms with Gasteiger partial charge < -0.3 is 14.9 Å². The number of allylic oxidation sites excluding steroid dienone is 2. The lowest BCUT2D eigenvalue weighted by Crippen LogP contribution is -2.16. The van der Waals surface area contributed by atoms with Crippen molar-refractivity contribution in [1.29, 1.82) is 0 Å². The van der Waals surface area contributed by atoms with Crippen LogP contribution in [-0.2, 0) is 9.53 Å². The molecule has 0 saturated carbocycles. The summed E-state index contributed by atoms with van der Waals surface area (Å²) in [5.41, 5.74) is 0.696. The molecule has 0 amide bonds. The summed E-state index contributed by atoms with van der Waals surface area (Å²) in [4.78, 5) is 12.3. The third kappa shape index (κ3) is 11.3. The number of aromatic hydroxyl groups is 2. The summed E-state index contributed by atoms with van der Waals surface area (Å²) < 4.78 is 5.21. The van der Waals surface area contributed by atoms with E-state index in [2.05, 4.69) is 19.1 Å². The van der Waals surface area contributed by atoms with E-state index in [4.69, 9.17) is 4.74 Å². The van der Waals surface area contributed by atoms with Gasteiger partial charge in [0.25, 0.3) is 0 Å². The monoisotopic (exact) mass is 418 g/mol. The summed E-state index contributed by atoms with van der Waals surface area (Å²) in [7, 11) is 0. The zero-order chi connectivity index (χ0) is 22.0. The molecular formula is C26H42O4. The van der Waals surface area contributed by atoms with Gasteiger partial charge in [-0.25, -0.2) is 0 Å². The molecule has 0 saturated heterocycles. The Morgan fingerprint density at radius 1 is 0.867 bits per heavy atom. The van der Waals surface area contributed by atoms with Gasteiger partial charge in [-0.15, -0.1) is 0 Å². The number of rotatable bonds is 17. The summed E-state index contributed by atoms with van der Waals surface area (Å²) >= 11 is 0. The van der Waals surface area contributed by atoms with Gasteiger partial charge in [-0.2, -0.15) is 0 Å². The van der Waals surface area contributed by atoms with Gasteiger partial charge in [0.05, 0.1) is 12.5 Å². The smallest absolute Gasteiger partial charge is 0.313 e. The maximum absolute atomic E-state index is 12.3. The Morgan fingerprint density at radius 3 is 2.07 bits per heavy atom. The summed E-state index contributed by atoms with van der Waals surface area (Å²) in [5, 5.41) is 19.3. The molecule has 0 fully saturated rings. The molecular weight excluding hydrogens is 376 g/mol. The van der Waals surface area contributed by atoms with Crippen LogP contribution in [0.4, 0.5) is 0 Å². The predicted molar refractivity (Wildman–Crippen MR) is 124 cm³/mol. The van der Waals surface area contributed by atoms with Gasteiger partial charge in [0.2, 0.25) is 0 Å². The van der Waals surface area contributed by atoms with E-state index in [-0.39, 0.29) is 17.5 Å². The van der Waals surface area contributed by atoms with E-state index in [1.165, 1.54) is 63.5 Å². The van der Waals surface area contributed by atoms with Crippen LogP contribution in [0.1, 0.15) is 109 Å². The lowest BCUT2D eigenvalue weighted by molar-refractivity contribution is -0.145. The minimum atomic E-state index is -0.395. The number of unbranched alkanes of at least 4 members (excludes halogenated alkanes) is 10. The highest BCUT2D eigenvalue weighted by Gasteiger charge is 2.22. The Kier molecular flexibility index (Phi) is 14.6. The van der Waals surface area contributed by atoms with E-state index >= 15 is 0 Å². The van der Waals surface area contributed by atoms with Crippen molar-refractivity contribution in [2.24, 2.45) is 0 Å². The molecule has 0 spiro atoms. The number of hydrogen-bond donors (Lipinski definition) is 2. The van der Waals surface area contributed by atoms with E-state index in [1.54, 1.807) is 13.0 Å². The normalized spacial score (nSPS) is 12.3. The van der Waals surface area contributed by atoms with Crippen molar-refractivity contribution in [2.75, 3.05) is 6.61 Å². The van der Waals surface area contributed by atoms with E-state index in [0.717, 1.165) is 25.7 Å². The Balaban J connectivity index is 2.22. The van der Waals surface area contributed by atoms with E-state index < -0.39 is 5.92 Å². The molecule has 0 heterocycles. The molecule has 0 radical (unpaired) electrons. The first-order chi connectivity index (χ1) is 14.6. The average molecular weight is 419 g/mol. The molecule has 0 bridgehead atoms. The number of ether oxygens (including phenoxy) is 1. The summed E-state index contributed by atoms with van der Waals surface area (Å²) in [6.45, 7) is 4.39. The van der Waals surface area contributed by atoms with Crippen molar-refractivity contribution < 1.29 is 19.7 Å². The molecule has 1 unspecified atom stereocenters. The highest BCUT2D eigenvalue weighted by atomic mass is 16.5. The first-order valence-corrected chi connectivity index (χ1v) is 11.9. The van der Waals surface area contributed by atoms with E-state index in [0.29, 0.717) is 18.6 Å². The Hall–Kier alpha value is -1.97. The highest BCUT2D eigenvalue weighted by Crippen LogP contribution is 2.31. The van der Waals surface area contributed by atoms with Crippen LogP contribution in [0.15, 0.2) is 30.4 Å². The number of carbonyl (C=O) groups excluding carboxylic acids is 1. The van der Waals surface area contributed by atoms with Crippen LogP contribution in [-0.4, -0.2) is 22.8 Å². The quantitative estimate of drug-likeness (QED) is 0.120. The zero-order valence-electron chi connectivity index (χ0n) is 19.1. The Bertz CT molecular complexity index is 609. The van der Waals surface area contributed by atoms with Gasteiger partial charge >= 0.3 is 5.97 Å². The average Bonchev–Trinajstić information content (AvgIpc) is 2.73. The van der Waals surface area contributed by atoms with Crippen LogP contribution in [0.3, 0.4) is 0 Å². The van der Waals surface area contributed by atoms with Crippen molar-refractivity contribution in [3.63, 3.8) is 0 Å². The fraction of sp³-hybridized carbons (Fsp3) is 0.654. The third-order valence-corrected chi connectivity index (χ3v) is 5.48. The van der Waals surface area contributed by atoms with Gasteiger partial charge in [-0.1, -0.05) is 76.5 Å². The van der Waals surface area contributed by atoms with Crippen LogP contribution in [0.5, 0.6) is 11.5 Å². The fourth-order valence-electron chi connectivity index (χ4n) is 3.66. The van der Waals surface area contributed by atoms with Crippen LogP contribution in [0, 0.1) is 0 Å². The van der Waals surface area contributed by atoms with Crippen molar-refractivity contribution >= 4 is 5.97 Å². The maximum Gasteiger partial charge on any atom is 0.313 e. The second kappa shape index (κ2) is 16.8. The number of phenolic OH excluding ortho intramolecular Hbond substituents is 2. The van der Waals surface area contributed by atoms with Crippen molar-refractivity contribution in [2.45, 2.75) is 103 Å². The molecule has 1 rings (SSSR count). The number of benzene rings is 1. The second-order valence-corrected chi connectivity index (χ2v) is 8.07. The van der Waals surface area contributed by atoms with Gasteiger partial charge in [-0.05, 0) is 56.7 Å². The third-order valence-electron chi connectivity index (χ3n) is 5.48. The topological polar surface area (TPSA) is 66.8 Å². The standard InChI is InChI=1S/C26H42O4/c1-3-5-6-7-8-9-10-11-12-13-14-15-16-17-18-23(26(29)30-4-2)22-19-20-24(27)25(28)21-22/h11-12,19-21,23,27-28H,3-10,13-18H2,1-2H3/b12-11-. The second-order valence-electron chi connectivity index (χ2n) is 8.07. The van der Waals surface area contributed by atoms with Gasteiger partial charge in [-0.3, -0.25) is 4.79 Å². The SMILES string of the molecule is CCCCCCCC/C=C\CCCCCCC(C(=O)OCC)c1ccc(O)c(O)c1. The molecule has 2 N–H and O–H groups in total. The fourth-order valence-corrected chi connectivity index (χ4v) is 3.66. The zero-order valence-corrected chi connectivity index (χ0v) is 19.1. The largest absolute Gasteiger partial charge is 0.504 e. The molecule has 1 aromatic rings. The lowest BCUT2D eigenvalue weighted by atomic mass is 9.92. The van der Waals surface area contributed by atoms with Crippen LogP contribution >= 0.6 is 0 Å². The van der Waals surface area contributed by atoms with E-state index in [1.807, 2.05) is 0 Å². The molecule has 4 nitrogen and oxygen atoms in total. The molecule has 0 aliphatic rings. The van der Waals surface area contributed by atoms with Gasteiger partial charge in [0, 0.05) is 0 Å². The van der Waals surface area contributed by atoms with E-state index in [9.17, 15) is 15.0 Å². The Labute approximate surface area is 183 Å². The number of esters is 1. The molecule has 0 aromatic heterocycles. The molecule has 1 aromatic carbocycles. The van der Waals surface area contributed by atoms with Crippen molar-refractivity contribution in [1.82, 2.24) is 0 Å². The molecule has 4 heteroatoms. The maximum atomic E-state index is 12.3.